The van der Waals surface area contributed by atoms with Crippen LogP contribution in [0, 0.1) is 0 Å². The van der Waals surface area contributed by atoms with Crippen LogP contribution in [0.4, 0.5) is 0 Å². The zero-order valence-electron chi connectivity index (χ0n) is 10.5. The number of methoxy groups -OCH3 is 1. The number of aryl methyl sites for hydroxylation is 1. The number of rotatable bonds is 6. The fourth-order valence-electron chi connectivity index (χ4n) is 1.63. The Labute approximate surface area is 105 Å². The highest BCUT2D eigenvalue weighted by Crippen LogP contribution is 2.18. The molecule has 0 saturated heterocycles. The van der Waals surface area contributed by atoms with Crippen LogP contribution in [0.5, 0.6) is 0 Å². The number of ether oxygens (including phenoxy) is 1. The largest absolute Gasteiger partial charge is 0.385 e. The highest BCUT2D eigenvalue weighted by atomic mass is 16.5. The lowest BCUT2D eigenvalue weighted by atomic mass is 10.2. The number of nitrogens with two attached hydrogens (primary N) is 1. The fraction of sp³-hybridized carbons (Fsp3) is 0.545. The van der Waals surface area contributed by atoms with Gasteiger partial charge in [0.15, 0.2) is 5.82 Å². The van der Waals surface area contributed by atoms with Crippen LogP contribution >= 0.6 is 0 Å². The fourth-order valence-corrected chi connectivity index (χ4v) is 1.63. The molecule has 0 spiro atoms. The van der Waals surface area contributed by atoms with Gasteiger partial charge in [-0.15, -0.1) is 0 Å². The van der Waals surface area contributed by atoms with Crippen molar-refractivity contribution in [2.24, 2.45) is 12.8 Å². The summed E-state index contributed by atoms with van der Waals surface area (Å²) in [5.41, 5.74) is 5.96. The number of nitrogens with zero attached hydrogens (tertiary/aromatic N) is 4. The standard InChI is InChI=1S/C11H17N5O2/c1-16-6-5-13-10(16)9-14-11(18-15-9)8(12)4-3-7-17-2/h5-6,8H,3-4,7,12H2,1-2H3. The maximum absolute atomic E-state index is 5.96. The average molecular weight is 251 g/mol. The predicted octanol–water partition coefficient (Wildman–Crippen LogP) is 0.896. The minimum atomic E-state index is -0.262. The molecule has 2 rings (SSSR count). The molecule has 2 aromatic heterocycles. The first-order valence-corrected chi connectivity index (χ1v) is 5.78. The summed E-state index contributed by atoms with van der Waals surface area (Å²) in [6, 6.07) is -0.262. The van der Waals surface area contributed by atoms with Crippen molar-refractivity contribution in [3.63, 3.8) is 0 Å². The van der Waals surface area contributed by atoms with Crippen LogP contribution in [0.25, 0.3) is 11.6 Å². The van der Waals surface area contributed by atoms with Gasteiger partial charge in [0.2, 0.25) is 11.7 Å². The number of aromatic nitrogens is 4. The highest BCUT2D eigenvalue weighted by Gasteiger charge is 2.17. The molecule has 0 radical (unpaired) electrons. The number of imidazole rings is 1. The van der Waals surface area contributed by atoms with Gasteiger partial charge in [-0.3, -0.25) is 0 Å². The Morgan fingerprint density at radius 1 is 1.56 bits per heavy atom. The van der Waals surface area contributed by atoms with E-state index in [0.717, 1.165) is 12.8 Å². The summed E-state index contributed by atoms with van der Waals surface area (Å²) < 4.78 is 12.0. The van der Waals surface area contributed by atoms with E-state index in [0.29, 0.717) is 24.1 Å². The second-order valence-corrected chi connectivity index (χ2v) is 4.06. The van der Waals surface area contributed by atoms with E-state index in [-0.39, 0.29) is 6.04 Å². The Morgan fingerprint density at radius 3 is 3.06 bits per heavy atom. The molecule has 0 aromatic carbocycles. The van der Waals surface area contributed by atoms with Crippen molar-refractivity contribution in [3.05, 3.63) is 18.3 Å². The predicted molar refractivity (Wildman–Crippen MR) is 64.5 cm³/mol. The summed E-state index contributed by atoms with van der Waals surface area (Å²) in [5, 5.41) is 3.89. The van der Waals surface area contributed by atoms with Gasteiger partial charge in [-0.2, -0.15) is 4.98 Å². The van der Waals surface area contributed by atoms with Crippen molar-refractivity contribution in [2.45, 2.75) is 18.9 Å². The van der Waals surface area contributed by atoms with Gasteiger partial charge in [0.25, 0.3) is 0 Å². The molecule has 0 aliphatic rings. The Hall–Kier alpha value is -1.73. The van der Waals surface area contributed by atoms with Crippen molar-refractivity contribution in [3.8, 4) is 11.6 Å². The van der Waals surface area contributed by atoms with Crippen LogP contribution in [0.3, 0.4) is 0 Å². The Morgan fingerprint density at radius 2 is 2.39 bits per heavy atom. The summed E-state index contributed by atoms with van der Waals surface area (Å²) in [7, 11) is 3.54. The van der Waals surface area contributed by atoms with Crippen LogP contribution in [0.1, 0.15) is 24.8 Å². The van der Waals surface area contributed by atoms with Gasteiger partial charge in [-0.25, -0.2) is 4.98 Å². The lowest BCUT2D eigenvalue weighted by Crippen LogP contribution is -2.11. The molecule has 2 aromatic rings. The van der Waals surface area contributed by atoms with Gasteiger partial charge in [0, 0.05) is 33.2 Å². The minimum Gasteiger partial charge on any atom is -0.385 e. The molecule has 0 saturated carbocycles. The van der Waals surface area contributed by atoms with Crippen LogP contribution < -0.4 is 5.73 Å². The van der Waals surface area contributed by atoms with Crippen LogP contribution in [0.2, 0.25) is 0 Å². The molecular weight excluding hydrogens is 234 g/mol. The SMILES string of the molecule is COCCCC(N)c1nc(-c2nccn2C)no1. The third-order valence-electron chi connectivity index (χ3n) is 2.64. The van der Waals surface area contributed by atoms with Gasteiger partial charge in [-0.05, 0) is 12.8 Å². The normalized spacial score (nSPS) is 12.8. The first-order chi connectivity index (χ1) is 8.72. The van der Waals surface area contributed by atoms with E-state index in [1.54, 1.807) is 13.3 Å². The Bertz CT molecular complexity index is 493. The van der Waals surface area contributed by atoms with E-state index in [1.807, 2.05) is 17.8 Å². The summed E-state index contributed by atoms with van der Waals surface area (Å²) in [6.07, 6.45) is 5.11. The van der Waals surface area contributed by atoms with Crippen LogP contribution in [-0.4, -0.2) is 33.4 Å². The maximum Gasteiger partial charge on any atom is 0.243 e. The molecule has 7 nitrogen and oxygen atoms in total. The van der Waals surface area contributed by atoms with Crippen LogP contribution in [-0.2, 0) is 11.8 Å². The molecule has 7 heteroatoms. The summed E-state index contributed by atoms with van der Waals surface area (Å²) in [6.45, 7) is 0.675. The molecule has 1 atom stereocenters. The first-order valence-electron chi connectivity index (χ1n) is 5.78. The van der Waals surface area contributed by atoms with Crippen molar-refractivity contribution in [1.82, 2.24) is 19.7 Å². The second-order valence-electron chi connectivity index (χ2n) is 4.06. The van der Waals surface area contributed by atoms with Crippen molar-refractivity contribution < 1.29 is 9.26 Å². The molecule has 0 aliphatic carbocycles. The Balaban J connectivity index is 2.04. The van der Waals surface area contributed by atoms with E-state index in [4.69, 9.17) is 15.0 Å². The zero-order valence-corrected chi connectivity index (χ0v) is 10.5. The first kappa shape index (κ1) is 12.7. The van der Waals surface area contributed by atoms with Gasteiger partial charge < -0.3 is 19.6 Å². The monoisotopic (exact) mass is 251 g/mol. The molecule has 2 N–H and O–H groups in total. The molecule has 0 amide bonds. The van der Waals surface area contributed by atoms with Gasteiger partial charge in [0.1, 0.15) is 0 Å². The van der Waals surface area contributed by atoms with Crippen molar-refractivity contribution in [1.29, 1.82) is 0 Å². The lowest BCUT2D eigenvalue weighted by molar-refractivity contribution is 0.188. The summed E-state index contributed by atoms with van der Waals surface area (Å²) in [4.78, 5) is 8.42. The quantitative estimate of drug-likeness (QED) is 0.767. The van der Waals surface area contributed by atoms with E-state index >= 15 is 0 Å². The van der Waals surface area contributed by atoms with E-state index in [9.17, 15) is 0 Å². The zero-order chi connectivity index (χ0) is 13.0. The van der Waals surface area contributed by atoms with E-state index < -0.39 is 0 Å². The lowest BCUT2D eigenvalue weighted by Gasteiger charge is -2.04. The third kappa shape index (κ3) is 2.74. The molecule has 0 aliphatic heterocycles. The molecule has 1 unspecified atom stereocenters. The second kappa shape index (κ2) is 5.74. The number of hydrogen-bond donors (Lipinski definition) is 1. The summed E-state index contributed by atoms with van der Waals surface area (Å²) in [5.74, 6) is 1.55. The van der Waals surface area contributed by atoms with Crippen molar-refractivity contribution >= 4 is 0 Å². The molecular formula is C11H17N5O2. The van der Waals surface area contributed by atoms with Crippen molar-refractivity contribution in [2.75, 3.05) is 13.7 Å². The van der Waals surface area contributed by atoms with Gasteiger partial charge in [0.05, 0.1) is 6.04 Å². The van der Waals surface area contributed by atoms with Gasteiger partial charge >= 0.3 is 0 Å². The van der Waals surface area contributed by atoms with E-state index in [2.05, 4.69) is 15.1 Å². The maximum atomic E-state index is 5.96. The molecule has 2 heterocycles. The molecule has 98 valence electrons. The molecule has 0 fully saturated rings. The van der Waals surface area contributed by atoms with Crippen LogP contribution in [0.15, 0.2) is 16.9 Å². The van der Waals surface area contributed by atoms with Gasteiger partial charge in [-0.1, -0.05) is 5.16 Å². The highest BCUT2D eigenvalue weighted by molar-refractivity contribution is 5.42. The minimum absolute atomic E-state index is 0.262. The number of hydrogen-bond acceptors (Lipinski definition) is 6. The summed E-state index contributed by atoms with van der Waals surface area (Å²) >= 11 is 0. The Kier molecular flexibility index (Phi) is 4.06. The average Bonchev–Trinajstić information content (AvgIpc) is 2.97. The molecule has 18 heavy (non-hydrogen) atoms. The van der Waals surface area contributed by atoms with E-state index in [1.165, 1.54) is 0 Å². The molecule has 0 bridgehead atoms. The third-order valence-corrected chi connectivity index (χ3v) is 2.64. The topological polar surface area (TPSA) is 92.0 Å². The smallest absolute Gasteiger partial charge is 0.243 e.